The summed E-state index contributed by atoms with van der Waals surface area (Å²) in [7, 11) is -0.254. The Kier molecular flexibility index (Phi) is 26.2. The molecule has 0 bridgehead atoms. The van der Waals surface area contributed by atoms with Gasteiger partial charge in [0.25, 0.3) is 0 Å². The molecule has 0 spiro atoms. The maximum atomic E-state index is 9.51. The smallest absolute Gasteiger partial charge is 0.294 e. The molecule has 0 aliphatic carbocycles. The summed E-state index contributed by atoms with van der Waals surface area (Å²) < 4.78 is 13.9. The summed E-state index contributed by atoms with van der Waals surface area (Å²) in [4.78, 5) is 9.47. The highest BCUT2D eigenvalue weighted by Gasteiger charge is 1.88. The van der Waals surface area contributed by atoms with Crippen LogP contribution in [0.15, 0.2) is 0 Å². The molecular weight excluding hydrogens is 309 g/mol. The Labute approximate surface area is 119 Å². The molecular formula is C9H18Cl3O4P. The van der Waals surface area contributed by atoms with Crippen LogP contribution in [0.5, 0.6) is 0 Å². The molecule has 104 valence electrons. The predicted octanol–water partition coefficient (Wildman–Crippen LogP) is 4.03. The van der Waals surface area contributed by atoms with E-state index in [0.717, 1.165) is 19.3 Å². The molecule has 0 heterocycles. The maximum Gasteiger partial charge on any atom is 0.327 e. The number of hydrogen-bond acceptors (Lipinski definition) is 4. The lowest BCUT2D eigenvalue weighted by molar-refractivity contribution is -0.293. The van der Waals surface area contributed by atoms with E-state index in [2.05, 4.69) is 4.52 Å². The number of rotatable bonds is 11. The largest absolute Gasteiger partial charge is 0.327 e. The first-order valence-corrected chi connectivity index (χ1v) is 7.53. The fraction of sp³-hybridized carbons (Fsp3) is 1.00. The molecule has 17 heavy (non-hydrogen) atoms. The lowest BCUT2D eigenvalue weighted by atomic mass is 10.5. The Balaban J connectivity index is 0. The normalized spacial score (nSPS) is 10.1. The standard InChI is InChI=1S/C6H12Cl2O2.C3H6ClO2P/c7-3-1-5-9-10-6-2-4-8;4-2-1-3-6-7-5/h1-6H2;1-3H2. The predicted molar refractivity (Wildman–Crippen MR) is 71.5 cm³/mol. The van der Waals surface area contributed by atoms with Gasteiger partial charge in [0.2, 0.25) is 0 Å². The van der Waals surface area contributed by atoms with Gasteiger partial charge in [0.15, 0.2) is 0 Å². The van der Waals surface area contributed by atoms with Crippen LogP contribution in [0.2, 0.25) is 0 Å². The fourth-order valence-corrected chi connectivity index (χ4v) is 1.03. The minimum Gasteiger partial charge on any atom is -0.294 e. The summed E-state index contributed by atoms with van der Waals surface area (Å²) in [6, 6.07) is 0. The SMILES string of the molecule is ClCCCOOCCCCl.O=POCCCCl. The average molecular weight is 328 g/mol. The molecule has 0 aliphatic rings. The topological polar surface area (TPSA) is 44.8 Å². The summed E-state index contributed by atoms with van der Waals surface area (Å²) in [5, 5.41) is 0. The van der Waals surface area contributed by atoms with Crippen molar-refractivity contribution in [3.05, 3.63) is 0 Å². The molecule has 0 radical (unpaired) electrons. The van der Waals surface area contributed by atoms with Gasteiger partial charge in [-0.05, 0) is 19.3 Å². The molecule has 0 fully saturated rings. The van der Waals surface area contributed by atoms with E-state index in [4.69, 9.17) is 44.6 Å². The van der Waals surface area contributed by atoms with Gasteiger partial charge < -0.3 is 0 Å². The van der Waals surface area contributed by atoms with Crippen molar-refractivity contribution >= 4 is 43.5 Å². The van der Waals surface area contributed by atoms with Crippen molar-refractivity contribution in [1.29, 1.82) is 0 Å². The molecule has 0 rings (SSSR count). The van der Waals surface area contributed by atoms with Gasteiger partial charge in [0.1, 0.15) is 0 Å². The number of alkyl halides is 3. The van der Waals surface area contributed by atoms with Crippen LogP contribution < -0.4 is 0 Å². The van der Waals surface area contributed by atoms with Crippen LogP contribution in [0, 0.1) is 0 Å². The highest BCUT2D eigenvalue weighted by molar-refractivity contribution is 7.17. The van der Waals surface area contributed by atoms with Crippen molar-refractivity contribution in [2.75, 3.05) is 37.5 Å². The Hall–Kier alpha value is 0.850. The zero-order valence-electron chi connectivity index (χ0n) is 9.58. The second kappa shape index (κ2) is 22.1. The van der Waals surface area contributed by atoms with Crippen LogP contribution in [0.1, 0.15) is 19.3 Å². The first-order chi connectivity index (χ1) is 8.33. The Morgan fingerprint density at radius 2 is 1.18 bits per heavy atom. The summed E-state index contributed by atoms with van der Waals surface area (Å²) in [6.07, 6.45) is 2.40. The Bertz CT molecular complexity index is 135. The van der Waals surface area contributed by atoms with Gasteiger partial charge in [-0.3, -0.25) is 4.52 Å². The van der Waals surface area contributed by atoms with Crippen molar-refractivity contribution < 1.29 is 18.9 Å². The average Bonchev–Trinajstić information content (AvgIpc) is 2.35. The van der Waals surface area contributed by atoms with Crippen LogP contribution >= 0.6 is 43.5 Å². The molecule has 0 unspecified atom stereocenters. The number of halogens is 3. The zero-order chi connectivity index (χ0) is 13.2. The van der Waals surface area contributed by atoms with Crippen LogP contribution in [0.3, 0.4) is 0 Å². The molecule has 0 aromatic heterocycles. The molecule has 0 aromatic carbocycles. The Morgan fingerprint density at radius 1 is 0.765 bits per heavy atom. The third-order valence-corrected chi connectivity index (χ3v) is 2.32. The van der Waals surface area contributed by atoms with E-state index in [-0.39, 0.29) is 8.69 Å². The minimum absolute atomic E-state index is 0.254. The Morgan fingerprint density at radius 3 is 1.53 bits per heavy atom. The zero-order valence-corrected chi connectivity index (χ0v) is 12.7. The number of hydrogen-bond donors (Lipinski definition) is 0. The second-order valence-corrected chi connectivity index (χ2v) is 4.22. The molecule has 0 aliphatic heterocycles. The van der Waals surface area contributed by atoms with E-state index in [9.17, 15) is 4.57 Å². The summed E-state index contributed by atoms with van der Waals surface area (Å²) in [5.74, 6) is 1.78. The van der Waals surface area contributed by atoms with Gasteiger partial charge in [-0.1, -0.05) is 0 Å². The molecule has 0 amide bonds. The maximum absolute atomic E-state index is 9.51. The molecule has 0 aromatic rings. The van der Waals surface area contributed by atoms with Gasteiger partial charge in [-0.15, -0.1) is 34.8 Å². The van der Waals surface area contributed by atoms with E-state index in [1.165, 1.54) is 0 Å². The van der Waals surface area contributed by atoms with Crippen LogP contribution in [-0.2, 0) is 18.9 Å². The summed E-state index contributed by atoms with van der Waals surface area (Å²) >= 11 is 16.0. The van der Waals surface area contributed by atoms with E-state index in [1.54, 1.807) is 0 Å². The lowest BCUT2D eigenvalue weighted by Crippen LogP contribution is -1.99. The van der Waals surface area contributed by atoms with Crippen molar-refractivity contribution in [2.24, 2.45) is 0 Å². The molecule has 4 nitrogen and oxygen atoms in total. The fourth-order valence-electron chi connectivity index (χ4n) is 0.501. The van der Waals surface area contributed by atoms with Crippen molar-refractivity contribution in [1.82, 2.24) is 0 Å². The summed E-state index contributed by atoms with van der Waals surface area (Å²) in [6.45, 7) is 1.60. The quantitative estimate of drug-likeness (QED) is 0.189. The summed E-state index contributed by atoms with van der Waals surface area (Å²) in [5.41, 5.74) is 0. The van der Waals surface area contributed by atoms with Gasteiger partial charge >= 0.3 is 8.69 Å². The van der Waals surface area contributed by atoms with Gasteiger partial charge in [0.05, 0.1) is 19.8 Å². The van der Waals surface area contributed by atoms with Gasteiger partial charge in [0, 0.05) is 17.6 Å². The van der Waals surface area contributed by atoms with E-state index in [0.29, 0.717) is 37.5 Å². The third-order valence-electron chi connectivity index (χ3n) is 1.23. The molecule has 0 N–H and O–H groups in total. The monoisotopic (exact) mass is 326 g/mol. The van der Waals surface area contributed by atoms with Crippen LogP contribution in [0.25, 0.3) is 0 Å². The van der Waals surface area contributed by atoms with E-state index in [1.807, 2.05) is 0 Å². The van der Waals surface area contributed by atoms with Crippen molar-refractivity contribution in [3.8, 4) is 0 Å². The second-order valence-electron chi connectivity index (χ2n) is 2.68. The molecule has 0 saturated heterocycles. The van der Waals surface area contributed by atoms with E-state index < -0.39 is 0 Å². The van der Waals surface area contributed by atoms with Crippen molar-refractivity contribution in [3.63, 3.8) is 0 Å². The minimum atomic E-state index is -0.254. The van der Waals surface area contributed by atoms with Gasteiger partial charge in [-0.25, -0.2) is 14.3 Å². The molecule has 0 saturated carbocycles. The highest BCUT2D eigenvalue weighted by atomic mass is 35.5. The molecule has 8 heteroatoms. The lowest BCUT2D eigenvalue weighted by Gasteiger charge is -2.00. The third kappa shape index (κ3) is 26.5. The van der Waals surface area contributed by atoms with E-state index >= 15 is 0 Å². The van der Waals surface area contributed by atoms with Gasteiger partial charge in [-0.2, -0.15) is 0 Å². The van der Waals surface area contributed by atoms with Crippen molar-refractivity contribution in [2.45, 2.75) is 19.3 Å². The first-order valence-electron chi connectivity index (χ1n) is 5.20. The highest BCUT2D eigenvalue weighted by Crippen LogP contribution is 1.95. The molecule has 0 atom stereocenters. The van der Waals surface area contributed by atoms with Crippen LogP contribution in [0.4, 0.5) is 0 Å². The van der Waals surface area contributed by atoms with Crippen LogP contribution in [-0.4, -0.2) is 37.5 Å². The first kappa shape index (κ1) is 20.2.